The first-order valence-corrected chi connectivity index (χ1v) is 9.15. The number of halogens is 1. The standard InChI is InChI=1S/C18H22BrNS/c1-3-10-20-12-15-8-9-18(17(19)11-15)21-13-16-7-5-4-6-14(16)2/h4-9,11,20H,3,10,12-13H2,1-2H3. The average molecular weight is 364 g/mol. The molecule has 0 atom stereocenters. The Morgan fingerprint density at radius 3 is 2.67 bits per heavy atom. The molecule has 0 heterocycles. The maximum Gasteiger partial charge on any atom is 0.0314 e. The van der Waals surface area contributed by atoms with Gasteiger partial charge in [0, 0.05) is 21.7 Å². The van der Waals surface area contributed by atoms with Crippen LogP contribution in [0.1, 0.15) is 30.0 Å². The maximum atomic E-state index is 3.70. The Bertz CT molecular complexity index is 583. The summed E-state index contributed by atoms with van der Waals surface area (Å²) in [5, 5.41) is 3.44. The van der Waals surface area contributed by atoms with E-state index in [1.807, 2.05) is 11.8 Å². The van der Waals surface area contributed by atoms with E-state index in [9.17, 15) is 0 Å². The third-order valence-electron chi connectivity index (χ3n) is 3.40. The molecule has 0 unspecified atom stereocenters. The van der Waals surface area contributed by atoms with E-state index >= 15 is 0 Å². The molecule has 0 saturated carbocycles. The fraction of sp³-hybridized carbons (Fsp3) is 0.333. The molecule has 1 nitrogen and oxygen atoms in total. The molecule has 0 amide bonds. The monoisotopic (exact) mass is 363 g/mol. The zero-order valence-electron chi connectivity index (χ0n) is 12.7. The topological polar surface area (TPSA) is 12.0 Å². The number of benzene rings is 2. The summed E-state index contributed by atoms with van der Waals surface area (Å²) in [6.07, 6.45) is 1.17. The second-order valence-corrected chi connectivity index (χ2v) is 7.03. The molecule has 1 N–H and O–H groups in total. The minimum absolute atomic E-state index is 0.940. The van der Waals surface area contributed by atoms with Crippen LogP contribution in [0.2, 0.25) is 0 Å². The molecule has 0 saturated heterocycles. The van der Waals surface area contributed by atoms with Crippen molar-refractivity contribution in [3.8, 4) is 0 Å². The van der Waals surface area contributed by atoms with Crippen molar-refractivity contribution < 1.29 is 0 Å². The van der Waals surface area contributed by atoms with Crippen molar-refractivity contribution in [2.24, 2.45) is 0 Å². The van der Waals surface area contributed by atoms with Crippen molar-refractivity contribution in [1.29, 1.82) is 0 Å². The average Bonchev–Trinajstić information content (AvgIpc) is 2.48. The molecule has 2 rings (SSSR count). The molecule has 0 aliphatic rings. The lowest BCUT2D eigenvalue weighted by molar-refractivity contribution is 0.675. The molecule has 0 bridgehead atoms. The van der Waals surface area contributed by atoms with Crippen LogP contribution in [0.15, 0.2) is 51.8 Å². The first kappa shape index (κ1) is 16.6. The van der Waals surface area contributed by atoms with E-state index < -0.39 is 0 Å². The molecule has 0 aliphatic heterocycles. The Kier molecular flexibility index (Phi) is 6.81. The van der Waals surface area contributed by atoms with Crippen molar-refractivity contribution in [3.63, 3.8) is 0 Å². The van der Waals surface area contributed by atoms with Crippen LogP contribution in [0.3, 0.4) is 0 Å². The third kappa shape index (κ3) is 5.17. The highest BCUT2D eigenvalue weighted by molar-refractivity contribution is 9.10. The molecule has 0 aliphatic carbocycles. The normalized spacial score (nSPS) is 10.8. The van der Waals surface area contributed by atoms with Gasteiger partial charge in [-0.3, -0.25) is 0 Å². The van der Waals surface area contributed by atoms with Crippen LogP contribution in [0.4, 0.5) is 0 Å². The van der Waals surface area contributed by atoms with Crippen LogP contribution < -0.4 is 5.32 Å². The molecule has 2 aromatic carbocycles. The van der Waals surface area contributed by atoms with Crippen molar-refractivity contribution in [2.45, 2.75) is 37.5 Å². The largest absolute Gasteiger partial charge is 0.313 e. The van der Waals surface area contributed by atoms with Gasteiger partial charge in [-0.05, 0) is 64.6 Å². The molecule has 3 heteroatoms. The van der Waals surface area contributed by atoms with Gasteiger partial charge < -0.3 is 5.32 Å². The number of hydrogen-bond acceptors (Lipinski definition) is 2. The molecule has 0 aromatic heterocycles. The summed E-state index contributed by atoms with van der Waals surface area (Å²) >= 11 is 5.58. The SMILES string of the molecule is CCCNCc1ccc(SCc2ccccc2C)c(Br)c1. The Morgan fingerprint density at radius 1 is 1.14 bits per heavy atom. The Morgan fingerprint density at radius 2 is 1.95 bits per heavy atom. The highest BCUT2D eigenvalue weighted by Gasteiger charge is 2.04. The molecule has 0 spiro atoms. The van der Waals surface area contributed by atoms with Crippen LogP contribution in [-0.2, 0) is 12.3 Å². The molecule has 0 radical (unpaired) electrons. The van der Waals surface area contributed by atoms with Gasteiger partial charge >= 0.3 is 0 Å². The summed E-state index contributed by atoms with van der Waals surface area (Å²) in [5.41, 5.74) is 4.10. The van der Waals surface area contributed by atoms with Crippen LogP contribution in [0, 0.1) is 6.92 Å². The third-order valence-corrected chi connectivity index (χ3v) is 5.44. The number of nitrogens with one attached hydrogen (secondary N) is 1. The lowest BCUT2D eigenvalue weighted by Gasteiger charge is -2.09. The first-order valence-electron chi connectivity index (χ1n) is 7.37. The zero-order valence-corrected chi connectivity index (χ0v) is 15.1. The van der Waals surface area contributed by atoms with E-state index in [0.29, 0.717) is 0 Å². The van der Waals surface area contributed by atoms with Crippen LogP contribution in [-0.4, -0.2) is 6.54 Å². The van der Waals surface area contributed by atoms with Gasteiger partial charge in [0.1, 0.15) is 0 Å². The lowest BCUT2D eigenvalue weighted by Crippen LogP contribution is -2.13. The Balaban J connectivity index is 1.96. The summed E-state index contributed by atoms with van der Waals surface area (Å²) in [6.45, 7) is 6.37. The first-order chi connectivity index (χ1) is 10.2. The van der Waals surface area contributed by atoms with Gasteiger partial charge in [0.05, 0.1) is 0 Å². The van der Waals surface area contributed by atoms with Crippen molar-refractivity contribution >= 4 is 27.7 Å². The van der Waals surface area contributed by atoms with Gasteiger partial charge in [-0.2, -0.15) is 0 Å². The Hall–Kier alpha value is -0.770. The molecule has 0 fully saturated rings. The minimum atomic E-state index is 0.940. The smallest absolute Gasteiger partial charge is 0.0314 e. The van der Waals surface area contributed by atoms with E-state index in [0.717, 1.165) is 18.8 Å². The minimum Gasteiger partial charge on any atom is -0.313 e. The summed E-state index contributed by atoms with van der Waals surface area (Å²) in [5.74, 6) is 1.01. The molecule has 2 aromatic rings. The molecule has 21 heavy (non-hydrogen) atoms. The highest BCUT2D eigenvalue weighted by atomic mass is 79.9. The summed E-state index contributed by atoms with van der Waals surface area (Å²) in [4.78, 5) is 1.30. The molecular formula is C18H22BrNS. The molecular weight excluding hydrogens is 342 g/mol. The Labute approximate surface area is 140 Å². The van der Waals surface area contributed by atoms with Crippen molar-refractivity contribution in [2.75, 3.05) is 6.54 Å². The molecule has 112 valence electrons. The second kappa shape index (κ2) is 8.62. The summed E-state index contributed by atoms with van der Waals surface area (Å²) in [7, 11) is 0. The van der Waals surface area contributed by atoms with Crippen LogP contribution in [0.5, 0.6) is 0 Å². The fourth-order valence-corrected chi connectivity index (χ4v) is 3.87. The maximum absolute atomic E-state index is 3.70. The van der Waals surface area contributed by atoms with Gasteiger partial charge in [-0.15, -0.1) is 11.8 Å². The van der Waals surface area contributed by atoms with E-state index in [-0.39, 0.29) is 0 Å². The second-order valence-electron chi connectivity index (χ2n) is 5.16. The van der Waals surface area contributed by atoms with Gasteiger partial charge in [-0.25, -0.2) is 0 Å². The lowest BCUT2D eigenvalue weighted by atomic mass is 10.1. The van der Waals surface area contributed by atoms with E-state index in [2.05, 4.69) is 77.6 Å². The van der Waals surface area contributed by atoms with Gasteiger partial charge in [0.15, 0.2) is 0 Å². The van der Waals surface area contributed by atoms with E-state index in [1.165, 1.54) is 32.5 Å². The predicted octanol–water partition coefficient (Wildman–Crippen LogP) is 5.55. The van der Waals surface area contributed by atoms with Gasteiger partial charge in [0.2, 0.25) is 0 Å². The number of thioether (sulfide) groups is 1. The number of hydrogen-bond donors (Lipinski definition) is 1. The van der Waals surface area contributed by atoms with Gasteiger partial charge in [0.25, 0.3) is 0 Å². The van der Waals surface area contributed by atoms with Crippen LogP contribution >= 0.6 is 27.7 Å². The summed E-state index contributed by atoms with van der Waals surface area (Å²) < 4.78 is 1.19. The van der Waals surface area contributed by atoms with Crippen molar-refractivity contribution in [3.05, 3.63) is 63.6 Å². The zero-order chi connectivity index (χ0) is 15.1. The van der Waals surface area contributed by atoms with E-state index in [4.69, 9.17) is 0 Å². The van der Waals surface area contributed by atoms with E-state index in [1.54, 1.807) is 0 Å². The van der Waals surface area contributed by atoms with Crippen molar-refractivity contribution in [1.82, 2.24) is 5.32 Å². The highest BCUT2D eigenvalue weighted by Crippen LogP contribution is 2.31. The summed E-state index contributed by atoms with van der Waals surface area (Å²) in [6, 6.07) is 15.2. The number of aryl methyl sites for hydroxylation is 1. The predicted molar refractivity (Wildman–Crippen MR) is 96.9 cm³/mol. The number of rotatable bonds is 7. The van der Waals surface area contributed by atoms with Crippen LogP contribution in [0.25, 0.3) is 0 Å². The quantitative estimate of drug-likeness (QED) is 0.511. The fourth-order valence-electron chi connectivity index (χ4n) is 2.11. The van der Waals surface area contributed by atoms with Gasteiger partial charge in [-0.1, -0.05) is 37.3 Å².